The molecular weight excluding hydrogens is 348 g/mol. The Labute approximate surface area is 156 Å². The summed E-state index contributed by atoms with van der Waals surface area (Å²) in [7, 11) is 0. The number of fused-ring (bicyclic) bond motifs is 1. The number of hydrogen-bond donors (Lipinski definition) is 3. The Morgan fingerprint density at radius 1 is 1.04 bits per heavy atom. The summed E-state index contributed by atoms with van der Waals surface area (Å²) >= 11 is 0. The van der Waals surface area contributed by atoms with Crippen LogP contribution in [-0.4, -0.2) is 33.8 Å². The smallest absolute Gasteiger partial charge is 0.163 e. The highest BCUT2D eigenvalue weighted by molar-refractivity contribution is 5.87. The van der Waals surface area contributed by atoms with E-state index in [9.17, 15) is 20.1 Å². The molecule has 3 rings (SSSR count). The Bertz CT molecular complexity index is 900. The molecule has 0 spiro atoms. The molecule has 2 aromatic carbocycles. The van der Waals surface area contributed by atoms with Crippen LogP contribution in [0.4, 0.5) is 0 Å². The monoisotopic (exact) mass is 368 g/mol. The summed E-state index contributed by atoms with van der Waals surface area (Å²) in [5, 5.41) is 28.9. The number of phenolic OH excluding ortho intramolecular Hbond substituents is 2. The predicted molar refractivity (Wildman–Crippen MR) is 99.9 cm³/mol. The minimum absolute atomic E-state index is 0.0288. The van der Waals surface area contributed by atoms with Gasteiger partial charge in [-0.25, -0.2) is 0 Å². The zero-order valence-corrected chi connectivity index (χ0v) is 14.7. The molecule has 3 N–H and O–H groups in total. The molecule has 0 aliphatic carbocycles. The number of ketones is 1. The summed E-state index contributed by atoms with van der Waals surface area (Å²) in [5.74, 6) is 0.475. The van der Waals surface area contributed by atoms with Crippen molar-refractivity contribution in [3.05, 3.63) is 65.8 Å². The van der Waals surface area contributed by atoms with Gasteiger partial charge < -0.3 is 24.8 Å². The van der Waals surface area contributed by atoms with Gasteiger partial charge in [0, 0.05) is 5.56 Å². The van der Waals surface area contributed by atoms with Crippen molar-refractivity contribution in [2.75, 3.05) is 6.61 Å². The van der Waals surface area contributed by atoms with Crippen LogP contribution in [0.3, 0.4) is 0 Å². The second kappa shape index (κ2) is 7.97. The first-order chi connectivity index (χ1) is 13.0. The van der Waals surface area contributed by atoms with Crippen LogP contribution in [0.2, 0.25) is 0 Å². The average Bonchev–Trinajstić information content (AvgIpc) is 2.66. The van der Waals surface area contributed by atoms with Gasteiger partial charge in [0.15, 0.2) is 41.0 Å². The quantitative estimate of drug-likeness (QED) is 0.426. The van der Waals surface area contributed by atoms with Crippen molar-refractivity contribution in [1.29, 1.82) is 0 Å². The molecule has 2 aromatic rings. The van der Waals surface area contributed by atoms with E-state index in [1.54, 1.807) is 30.4 Å². The summed E-state index contributed by atoms with van der Waals surface area (Å²) in [6, 6.07) is 9.72. The van der Waals surface area contributed by atoms with Crippen molar-refractivity contribution in [2.45, 2.75) is 19.1 Å². The Balaban J connectivity index is 1.84. The van der Waals surface area contributed by atoms with E-state index in [0.29, 0.717) is 17.1 Å². The van der Waals surface area contributed by atoms with Crippen molar-refractivity contribution in [3.8, 4) is 23.0 Å². The Morgan fingerprint density at radius 2 is 1.85 bits per heavy atom. The molecule has 140 valence electrons. The Hall–Kier alpha value is -3.25. The number of benzene rings is 2. The van der Waals surface area contributed by atoms with Gasteiger partial charge in [-0.05, 0) is 42.8 Å². The fraction of sp³-hybridized carbons (Fsp3) is 0.190. The maximum atomic E-state index is 10.9. The van der Waals surface area contributed by atoms with Crippen LogP contribution in [0.15, 0.2) is 54.6 Å². The maximum Gasteiger partial charge on any atom is 0.163 e. The van der Waals surface area contributed by atoms with Gasteiger partial charge >= 0.3 is 0 Å². The van der Waals surface area contributed by atoms with Gasteiger partial charge in [0.1, 0.15) is 0 Å². The predicted octanol–water partition coefficient (Wildman–Crippen LogP) is 3.13. The molecule has 27 heavy (non-hydrogen) atoms. The van der Waals surface area contributed by atoms with Crippen LogP contribution in [0.5, 0.6) is 23.0 Å². The Kier molecular flexibility index (Phi) is 5.47. The van der Waals surface area contributed by atoms with Crippen molar-refractivity contribution in [2.24, 2.45) is 0 Å². The van der Waals surface area contributed by atoms with Gasteiger partial charge in [-0.2, -0.15) is 0 Å². The number of rotatable bonds is 5. The number of aliphatic hydroxyl groups excluding tert-OH is 1. The fourth-order valence-electron chi connectivity index (χ4n) is 2.75. The molecule has 1 heterocycles. The van der Waals surface area contributed by atoms with Crippen molar-refractivity contribution >= 4 is 11.9 Å². The molecule has 0 fully saturated rings. The highest BCUT2D eigenvalue weighted by Crippen LogP contribution is 2.41. The molecule has 0 saturated heterocycles. The lowest BCUT2D eigenvalue weighted by Gasteiger charge is -2.33. The van der Waals surface area contributed by atoms with Gasteiger partial charge in [0.25, 0.3) is 0 Å². The highest BCUT2D eigenvalue weighted by Gasteiger charge is 2.33. The summed E-state index contributed by atoms with van der Waals surface area (Å²) in [5.41, 5.74) is 1.43. The molecule has 2 atom stereocenters. The molecular formula is C21H20O6. The molecule has 6 heteroatoms. The minimum Gasteiger partial charge on any atom is -0.504 e. The third-order valence-electron chi connectivity index (χ3n) is 4.08. The lowest BCUT2D eigenvalue weighted by Crippen LogP contribution is -2.36. The van der Waals surface area contributed by atoms with E-state index in [4.69, 9.17) is 9.47 Å². The molecule has 1 aliphatic rings. The van der Waals surface area contributed by atoms with Gasteiger partial charge in [-0.1, -0.05) is 30.4 Å². The van der Waals surface area contributed by atoms with Gasteiger partial charge in [0.2, 0.25) is 0 Å². The van der Waals surface area contributed by atoms with E-state index < -0.39 is 12.2 Å². The highest BCUT2D eigenvalue weighted by atomic mass is 16.6. The normalized spacial score (nSPS) is 18.9. The number of hydrogen-bond acceptors (Lipinski definition) is 6. The largest absolute Gasteiger partial charge is 0.504 e. The molecule has 1 aliphatic heterocycles. The average molecular weight is 368 g/mol. The van der Waals surface area contributed by atoms with Crippen molar-refractivity contribution in [3.63, 3.8) is 0 Å². The summed E-state index contributed by atoms with van der Waals surface area (Å²) in [4.78, 5) is 10.9. The SMILES string of the molecule is CC(=O)/C=C\C=C/c1ccc2c(c1)O[C@H](CO)[C@H](c1ccc(O)c(O)c1)O2. The molecule has 6 nitrogen and oxygen atoms in total. The molecule has 0 bridgehead atoms. The van der Waals surface area contributed by atoms with Gasteiger partial charge in [0.05, 0.1) is 6.61 Å². The summed E-state index contributed by atoms with van der Waals surface area (Å²) in [6.45, 7) is 1.20. The number of carbonyl (C=O) groups is 1. The standard InChI is InChI=1S/C21H20O6/c1-13(23)4-2-3-5-14-6-9-18-19(10-14)26-20(12-22)21(27-18)15-7-8-16(24)17(25)11-15/h2-11,20-22,24-25H,12H2,1H3/b4-2-,5-3-/t20-,21+/m1/s1. The van der Waals surface area contributed by atoms with E-state index in [1.807, 2.05) is 12.1 Å². The van der Waals surface area contributed by atoms with Crippen molar-refractivity contribution < 1.29 is 29.6 Å². The zero-order valence-electron chi connectivity index (χ0n) is 14.7. The first kappa shape index (κ1) is 18.5. The van der Waals surface area contributed by atoms with Crippen LogP contribution in [0.1, 0.15) is 24.2 Å². The van der Waals surface area contributed by atoms with Crippen LogP contribution in [0.25, 0.3) is 6.08 Å². The maximum absolute atomic E-state index is 10.9. The van der Waals surface area contributed by atoms with Crippen LogP contribution in [-0.2, 0) is 4.79 Å². The van der Waals surface area contributed by atoms with Gasteiger partial charge in [-0.15, -0.1) is 0 Å². The van der Waals surface area contributed by atoms with Crippen LogP contribution < -0.4 is 9.47 Å². The minimum atomic E-state index is -0.668. The second-order valence-corrected chi connectivity index (χ2v) is 6.16. The summed E-state index contributed by atoms with van der Waals surface area (Å²) in [6.07, 6.45) is 5.39. The zero-order chi connectivity index (χ0) is 19.4. The first-order valence-electron chi connectivity index (χ1n) is 8.43. The molecule has 0 amide bonds. The third-order valence-corrected chi connectivity index (χ3v) is 4.08. The number of allylic oxidation sites excluding steroid dienone is 3. The molecule has 0 saturated carbocycles. The van der Waals surface area contributed by atoms with E-state index in [2.05, 4.69) is 0 Å². The summed E-state index contributed by atoms with van der Waals surface area (Å²) < 4.78 is 11.8. The van der Waals surface area contributed by atoms with Gasteiger partial charge in [-0.3, -0.25) is 4.79 Å². The lowest BCUT2D eigenvalue weighted by atomic mass is 10.0. The second-order valence-electron chi connectivity index (χ2n) is 6.16. The molecule has 0 radical (unpaired) electrons. The third kappa shape index (κ3) is 4.30. The first-order valence-corrected chi connectivity index (χ1v) is 8.43. The fourth-order valence-corrected chi connectivity index (χ4v) is 2.75. The van der Waals surface area contributed by atoms with E-state index in [0.717, 1.165) is 5.56 Å². The molecule has 0 aromatic heterocycles. The lowest BCUT2D eigenvalue weighted by molar-refractivity contribution is -0.112. The van der Waals surface area contributed by atoms with Crippen molar-refractivity contribution in [1.82, 2.24) is 0 Å². The van der Waals surface area contributed by atoms with Crippen LogP contribution >= 0.6 is 0 Å². The number of carbonyl (C=O) groups excluding carboxylic acids is 1. The van der Waals surface area contributed by atoms with Crippen LogP contribution in [0, 0.1) is 0 Å². The van der Waals surface area contributed by atoms with E-state index >= 15 is 0 Å². The number of aromatic hydroxyl groups is 2. The van der Waals surface area contributed by atoms with E-state index in [1.165, 1.54) is 25.1 Å². The van der Waals surface area contributed by atoms with E-state index in [-0.39, 0.29) is 23.9 Å². The number of aliphatic hydroxyl groups is 1. The Morgan fingerprint density at radius 3 is 2.56 bits per heavy atom. The topological polar surface area (TPSA) is 96.2 Å². The number of ether oxygens (including phenoxy) is 2. The number of phenols is 2. The molecule has 0 unspecified atom stereocenters.